The maximum Gasteiger partial charge on any atom is 0.246 e. The predicted octanol–water partition coefficient (Wildman–Crippen LogP) is 5.04. The van der Waals surface area contributed by atoms with E-state index < -0.39 is 0 Å². The largest absolute Gasteiger partial charge is 0.493 e. The number of methoxy groups -OCH3 is 1. The van der Waals surface area contributed by atoms with Gasteiger partial charge >= 0.3 is 0 Å². The molecule has 0 atom stereocenters. The van der Waals surface area contributed by atoms with Crippen LogP contribution in [0.3, 0.4) is 0 Å². The summed E-state index contributed by atoms with van der Waals surface area (Å²) in [6.45, 7) is 5.86. The van der Waals surface area contributed by atoms with Gasteiger partial charge in [0.2, 0.25) is 5.91 Å². The second-order valence-corrected chi connectivity index (χ2v) is 9.26. The first-order valence-electron chi connectivity index (χ1n) is 11.8. The van der Waals surface area contributed by atoms with Gasteiger partial charge in [-0.05, 0) is 68.7 Å². The van der Waals surface area contributed by atoms with Crippen molar-refractivity contribution in [3.63, 3.8) is 0 Å². The molecular weight excluding hydrogens is 470 g/mol. The standard InChI is InChI=1S/C27H30ClNO6/c1-17(2)35-27-21(28)14-18(15-24(27)32-3)4-7-25(30)29-10-8-19(9-11-29)26(31)20-5-6-22-23(16-20)34-13-12-33-22/h4-7,14-17,19H,8-13H2,1-3H3. The van der Waals surface area contributed by atoms with Crippen molar-refractivity contribution >= 4 is 29.4 Å². The Balaban J connectivity index is 1.35. The van der Waals surface area contributed by atoms with E-state index in [2.05, 4.69) is 0 Å². The number of carbonyl (C=O) groups excluding carboxylic acids is 2. The molecule has 0 unspecified atom stereocenters. The quantitative estimate of drug-likeness (QED) is 0.392. The number of nitrogens with zero attached hydrogens (tertiary/aromatic N) is 1. The van der Waals surface area contributed by atoms with Crippen LogP contribution in [-0.2, 0) is 4.79 Å². The number of benzene rings is 2. The molecule has 2 heterocycles. The average Bonchev–Trinajstić information content (AvgIpc) is 2.87. The average molecular weight is 500 g/mol. The van der Waals surface area contributed by atoms with E-state index in [-0.39, 0.29) is 23.7 Å². The number of likely N-dealkylation sites (tertiary alicyclic amines) is 1. The molecule has 2 aliphatic heterocycles. The summed E-state index contributed by atoms with van der Waals surface area (Å²) in [4.78, 5) is 27.5. The highest BCUT2D eigenvalue weighted by atomic mass is 35.5. The minimum absolute atomic E-state index is 0.0474. The number of fused-ring (bicyclic) bond motifs is 1. The topological polar surface area (TPSA) is 74.3 Å². The van der Waals surface area contributed by atoms with Crippen molar-refractivity contribution in [3.05, 3.63) is 52.6 Å². The van der Waals surface area contributed by atoms with Crippen molar-refractivity contribution in [2.45, 2.75) is 32.8 Å². The van der Waals surface area contributed by atoms with E-state index in [4.69, 9.17) is 30.5 Å². The molecule has 35 heavy (non-hydrogen) atoms. The fourth-order valence-corrected chi connectivity index (χ4v) is 4.52. The molecule has 0 aliphatic carbocycles. The lowest BCUT2D eigenvalue weighted by atomic mass is 9.88. The number of hydrogen-bond donors (Lipinski definition) is 0. The lowest BCUT2D eigenvalue weighted by Gasteiger charge is -2.30. The van der Waals surface area contributed by atoms with E-state index in [1.54, 1.807) is 48.4 Å². The summed E-state index contributed by atoms with van der Waals surface area (Å²) in [6, 6.07) is 8.85. The number of ether oxygens (including phenoxy) is 4. The van der Waals surface area contributed by atoms with Gasteiger partial charge in [-0.3, -0.25) is 9.59 Å². The van der Waals surface area contributed by atoms with Crippen LogP contribution < -0.4 is 18.9 Å². The Labute approximate surface area is 210 Å². The molecule has 8 heteroatoms. The third-order valence-electron chi connectivity index (χ3n) is 6.03. The molecule has 0 spiro atoms. The second-order valence-electron chi connectivity index (χ2n) is 8.86. The highest BCUT2D eigenvalue weighted by molar-refractivity contribution is 6.32. The molecular formula is C27H30ClNO6. The van der Waals surface area contributed by atoms with Gasteiger partial charge in [0.05, 0.1) is 18.2 Å². The third kappa shape index (κ3) is 5.90. The summed E-state index contributed by atoms with van der Waals surface area (Å²) in [7, 11) is 1.55. The van der Waals surface area contributed by atoms with Crippen LogP contribution >= 0.6 is 11.6 Å². The Bertz CT molecular complexity index is 1120. The van der Waals surface area contributed by atoms with Gasteiger partial charge in [0, 0.05) is 30.6 Å². The number of rotatable bonds is 7. The van der Waals surface area contributed by atoms with Crippen molar-refractivity contribution < 1.29 is 28.5 Å². The predicted molar refractivity (Wildman–Crippen MR) is 134 cm³/mol. The number of hydrogen-bond acceptors (Lipinski definition) is 6. The van der Waals surface area contributed by atoms with E-state index in [0.717, 1.165) is 5.56 Å². The maximum atomic E-state index is 13.0. The highest BCUT2D eigenvalue weighted by Gasteiger charge is 2.28. The van der Waals surface area contributed by atoms with Gasteiger partial charge in [0.25, 0.3) is 0 Å². The Kier molecular flexibility index (Phi) is 7.86. The van der Waals surface area contributed by atoms with Gasteiger partial charge in [-0.2, -0.15) is 0 Å². The molecule has 2 aliphatic rings. The number of carbonyl (C=O) groups is 2. The Morgan fingerprint density at radius 1 is 1.09 bits per heavy atom. The van der Waals surface area contributed by atoms with Gasteiger partial charge in [-0.1, -0.05) is 11.6 Å². The van der Waals surface area contributed by atoms with E-state index in [0.29, 0.717) is 72.7 Å². The minimum atomic E-state index is -0.123. The molecule has 2 aromatic carbocycles. The summed E-state index contributed by atoms with van der Waals surface area (Å²) in [5, 5.41) is 0.420. The lowest BCUT2D eigenvalue weighted by molar-refractivity contribution is -0.127. The first kappa shape index (κ1) is 24.9. The fourth-order valence-electron chi connectivity index (χ4n) is 4.25. The molecule has 0 N–H and O–H groups in total. The van der Waals surface area contributed by atoms with Crippen molar-refractivity contribution in [2.24, 2.45) is 5.92 Å². The normalized spacial score (nSPS) is 16.0. The zero-order chi connectivity index (χ0) is 24.9. The molecule has 0 aromatic heterocycles. The van der Waals surface area contributed by atoms with Crippen LogP contribution in [0.2, 0.25) is 5.02 Å². The molecule has 0 bridgehead atoms. The summed E-state index contributed by atoms with van der Waals surface area (Å²) < 4.78 is 22.3. The number of halogens is 1. The number of amides is 1. The monoisotopic (exact) mass is 499 g/mol. The van der Waals surface area contributed by atoms with Crippen molar-refractivity contribution in [3.8, 4) is 23.0 Å². The maximum absolute atomic E-state index is 13.0. The Morgan fingerprint density at radius 2 is 1.80 bits per heavy atom. The first-order valence-corrected chi connectivity index (χ1v) is 12.2. The Morgan fingerprint density at radius 3 is 2.49 bits per heavy atom. The van der Waals surface area contributed by atoms with Gasteiger partial charge in [0.15, 0.2) is 28.8 Å². The summed E-state index contributed by atoms with van der Waals surface area (Å²) in [5.74, 6) is 2.13. The van der Waals surface area contributed by atoms with Crippen LogP contribution in [0.15, 0.2) is 36.4 Å². The molecule has 1 amide bonds. The van der Waals surface area contributed by atoms with Gasteiger partial charge < -0.3 is 23.8 Å². The van der Waals surface area contributed by atoms with E-state index >= 15 is 0 Å². The molecule has 0 saturated carbocycles. The zero-order valence-electron chi connectivity index (χ0n) is 20.2. The molecule has 0 radical (unpaired) electrons. The number of piperidine rings is 1. The number of Topliss-reactive ketones (excluding diaryl/α,β-unsaturated/α-hetero) is 1. The van der Waals surface area contributed by atoms with Crippen LogP contribution in [-0.4, -0.2) is 56.1 Å². The summed E-state index contributed by atoms with van der Waals surface area (Å²) in [5.41, 5.74) is 1.36. The summed E-state index contributed by atoms with van der Waals surface area (Å²) in [6.07, 6.45) is 4.43. The molecule has 4 rings (SSSR count). The van der Waals surface area contributed by atoms with Gasteiger partial charge in [-0.25, -0.2) is 0 Å². The molecule has 7 nitrogen and oxygen atoms in total. The SMILES string of the molecule is COc1cc(C=CC(=O)N2CCC(C(=O)c3ccc4c(c3)OCCO4)CC2)cc(Cl)c1OC(C)C. The van der Waals surface area contributed by atoms with Gasteiger partial charge in [0.1, 0.15) is 13.2 Å². The summed E-state index contributed by atoms with van der Waals surface area (Å²) >= 11 is 6.38. The smallest absolute Gasteiger partial charge is 0.246 e. The van der Waals surface area contributed by atoms with Crippen LogP contribution in [0.1, 0.15) is 42.6 Å². The molecule has 1 fully saturated rings. The van der Waals surface area contributed by atoms with E-state index in [1.165, 1.54) is 6.08 Å². The Hall–Kier alpha value is -3.19. The third-order valence-corrected chi connectivity index (χ3v) is 6.31. The van der Waals surface area contributed by atoms with E-state index in [9.17, 15) is 9.59 Å². The van der Waals surface area contributed by atoms with Crippen LogP contribution in [0.4, 0.5) is 0 Å². The zero-order valence-corrected chi connectivity index (χ0v) is 21.0. The second kappa shape index (κ2) is 11.0. The van der Waals surface area contributed by atoms with E-state index in [1.807, 2.05) is 13.8 Å². The number of ketones is 1. The van der Waals surface area contributed by atoms with Crippen molar-refractivity contribution in [1.29, 1.82) is 0 Å². The lowest BCUT2D eigenvalue weighted by Crippen LogP contribution is -2.39. The molecule has 2 aromatic rings. The minimum Gasteiger partial charge on any atom is -0.493 e. The molecule has 186 valence electrons. The first-order chi connectivity index (χ1) is 16.9. The van der Waals surface area contributed by atoms with Crippen molar-refractivity contribution in [1.82, 2.24) is 4.90 Å². The highest BCUT2D eigenvalue weighted by Crippen LogP contribution is 2.37. The molecule has 1 saturated heterocycles. The van der Waals surface area contributed by atoms with Gasteiger partial charge in [-0.15, -0.1) is 0 Å². The van der Waals surface area contributed by atoms with Crippen LogP contribution in [0, 0.1) is 5.92 Å². The fraction of sp³-hybridized carbons (Fsp3) is 0.407. The van der Waals surface area contributed by atoms with Crippen molar-refractivity contribution in [2.75, 3.05) is 33.4 Å². The van der Waals surface area contributed by atoms with Crippen LogP contribution in [0.25, 0.3) is 6.08 Å². The van der Waals surface area contributed by atoms with Crippen LogP contribution in [0.5, 0.6) is 23.0 Å².